The number of carboxylic acids is 1. The number of ether oxygens (including phenoxy) is 1. The molecule has 0 fully saturated rings. The number of benzene rings is 1. The van der Waals surface area contributed by atoms with Crippen LogP contribution in [0.3, 0.4) is 0 Å². The van der Waals surface area contributed by atoms with Crippen molar-refractivity contribution in [1.29, 1.82) is 0 Å². The Bertz CT molecular complexity index is 644. The van der Waals surface area contributed by atoms with E-state index in [2.05, 4.69) is 0 Å². The molecule has 1 aromatic rings. The van der Waals surface area contributed by atoms with Gasteiger partial charge in [-0.25, -0.2) is 17.6 Å². The van der Waals surface area contributed by atoms with Crippen LogP contribution in [0.4, 0.5) is 4.39 Å². The number of aromatic carboxylic acids is 1. The molecule has 1 aromatic carbocycles. The maximum Gasteiger partial charge on any atom is 0.338 e. The van der Waals surface area contributed by atoms with E-state index in [0.29, 0.717) is 0 Å². The van der Waals surface area contributed by atoms with Crippen LogP contribution in [-0.4, -0.2) is 50.6 Å². The third-order valence-electron chi connectivity index (χ3n) is 3.16. The molecule has 1 N–H and O–H groups in total. The van der Waals surface area contributed by atoms with Crippen molar-refractivity contribution in [3.05, 3.63) is 29.1 Å². The van der Waals surface area contributed by atoms with Crippen molar-refractivity contribution in [3.8, 4) is 0 Å². The van der Waals surface area contributed by atoms with Gasteiger partial charge in [0.25, 0.3) is 0 Å². The summed E-state index contributed by atoms with van der Waals surface area (Å²) >= 11 is 0. The Kier molecular flexibility index (Phi) is 5.43. The third kappa shape index (κ3) is 3.58. The van der Waals surface area contributed by atoms with E-state index < -0.39 is 33.4 Å². The lowest BCUT2D eigenvalue weighted by molar-refractivity contribution is 0.0691. The number of carbonyl (C=O) groups is 1. The predicted molar refractivity (Wildman–Crippen MR) is 74.4 cm³/mol. The first-order valence-corrected chi connectivity index (χ1v) is 7.57. The van der Waals surface area contributed by atoms with E-state index in [1.165, 1.54) is 21.1 Å². The summed E-state index contributed by atoms with van der Waals surface area (Å²) in [7, 11) is -1.13. The topological polar surface area (TPSA) is 83.9 Å². The number of carboxylic acid groups (broad SMARTS) is 1. The molecule has 0 bridgehead atoms. The quantitative estimate of drug-likeness (QED) is 0.859. The maximum absolute atomic E-state index is 13.7. The third-order valence-corrected chi connectivity index (χ3v) is 5.11. The van der Waals surface area contributed by atoms with Crippen LogP contribution < -0.4 is 0 Å². The van der Waals surface area contributed by atoms with Gasteiger partial charge in [0.05, 0.1) is 17.1 Å². The zero-order chi connectivity index (χ0) is 16.4. The van der Waals surface area contributed by atoms with Gasteiger partial charge in [-0.05, 0) is 31.5 Å². The summed E-state index contributed by atoms with van der Waals surface area (Å²) < 4.78 is 44.5. The number of nitrogens with zero attached hydrogens (tertiary/aromatic N) is 1. The molecule has 0 saturated carbocycles. The van der Waals surface area contributed by atoms with Crippen molar-refractivity contribution in [2.24, 2.45) is 0 Å². The molecule has 0 radical (unpaired) electrons. The summed E-state index contributed by atoms with van der Waals surface area (Å²) in [5.74, 6) is -2.45. The molecule has 1 atom stereocenters. The van der Waals surface area contributed by atoms with Crippen LogP contribution in [0.15, 0.2) is 17.0 Å². The number of methoxy groups -OCH3 is 1. The van der Waals surface area contributed by atoms with Crippen molar-refractivity contribution in [1.82, 2.24) is 4.31 Å². The highest BCUT2D eigenvalue weighted by Gasteiger charge is 2.28. The Labute approximate surface area is 123 Å². The molecular formula is C13H18FNO5S. The fourth-order valence-corrected chi connectivity index (χ4v) is 3.25. The van der Waals surface area contributed by atoms with Gasteiger partial charge in [0.2, 0.25) is 10.0 Å². The number of likely N-dealkylation sites (N-methyl/N-ethyl adjacent to an activating group) is 1. The number of halogens is 1. The average molecular weight is 319 g/mol. The van der Waals surface area contributed by atoms with Crippen LogP contribution in [0.1, 0.15) is 22.8 Å². The van der Waals surface area contributed by atoms with E-state index in [1.807, 2.05) is 0 Å². The summed E-state index contributed by atoms with van der Waals surface area (Å²) in [5.41, 5.74) is -0.706. The molecule has 1 unspecified atom stereocenters. The Hall–Kier alpha value is -1.51. The van der Waals surface area contributed by atoms with Crippen LogP contribution in [-0.2, 0) is 14.8 Å². The first kappa shape index (κ1) is 17.5. The largest absolute Gasteiger partial charge is 0.478 e. The van der Waals surface area contributed by atoms with Gasteiger partial charge < -0.3 is 9.84 Å². The van der Waals surface area contributed by atoms with Crippen molar-refractivity contribution >= 4 is 16.0 Å². The van der Waals surface area contributed by atoms with Crippen molar-refractivity contribution in [2.45, 2.75) is 24.8 Å². The molecule has 8 heteroatoms. The second-order valence-electron chi connectivity index (χ2n) is 4.73. The molecule has 0 amide bonds. The molecule has 0 aromatic heterocycles. The molecule has 1 rings (SSSR count). The first-order valence-electron chi connectivity index (χ1n) is 6.13. The molecule has 0 heterocycles. The predicted octanol–water partition coefficient (Wildman–Crippen LogP) is 1.49. The van der Waals surface area contributed by atoms with Gasteiger partial charge >= 0.3 is 5.97 Å². The zero-order valence-electron chi connectivity index (χ0n) is 12.3. The average Bonchev–Trinajstić information content (AvgIpc) is 2.40. The Morgan fingerprint density at radius 1 is 1.48 bits per heavy atom. The minimum Gasteiger partial charge on any atom is -0.478 e. The monoisotopic (exact) mass is 319 g/mol. The highest BCUT2D eigenvalue weighted by molar-refractivity contribution is 7.89. The zero-order valence-corrected chi connectivity index (χ0v) is 13.1. The Balaban J connectivity index is 3.36. The molecular weight excluding hydrogens is 301 g/mol. The number of aryl methyl sites for hydroxylation is 1. The van der Waals surface area contributed by atoms with Crippen LogP contribution in [0.2, 0.25) is 0 Å². The highest BCUT2D eigenvalue weighted by Crippen LogP contribution is 2.23. The van der Waals surface area contributed by atoms with Crippen molar-refractivity contribution in [2.75, 3.05) is 20.8 Å². The van der Waals surface area contributed by atoms with Gasteiger partial charge in [-0.3, -0.25) is 0 Å². The second-order valence-corrected chi connectivity index (χ2v) is 6.73. The number of sulfonamides is 1. The lowest BCUT2D eigenvalue weighted by Gasteiger charge is -2.24. The van der Waals surface area contributed by atoms with Crippen LogP contribution >= 0.6 is 0 Å². The molecule has 6 nitrogen and oxygen atoms in total. The first-order chi connectivity index (χ1) is 9.62. The van der Waals surface area contributed by atoms with Crippen molar-refractivity contribution < 1.29 is 27.4 Å². The molecule has 0 aliphatic heterocycles. The molecule has 118 valence electrons. The lowest BCUT2D eigenvalue weighted by atomic mass is 10.1. The summed E-state index contributed by atoms with van der Waals surface area (Å²) in [5, 5.41) is 8.94. The van der Waals surface area contributed by atoms with Gasteiger partial charge in [0.1, 0.15) is 5.82 Å². The lowest BCUT2D eigenvalue weighted by Crippen LogP contribution is -2.37. The van der Waals surface area contributed by atoms with E-state index >= 15 is 0 Å². The van der Waals surface area contributed by atoms with Crippen LogP contribution in [0.5, 0.6) is 0 Å². The second kappa shape index (κ2) is 6.50. The van der Waals surface area contributed by atoms with Crippen LogP contribution in [0.25, 0.3) is 0 Å². The molecule has 21 heavy (non-hydrogen) atoms. The SMILES string of the molecule is COCC(C)N(C)S(=O)(=O)c1cc(C)c(F)c(C(=O)O)c1. The summed E-state index contributed by atoms with van der Waals surface area (Å²) in [6.45, 7) is 3.15. The number of rotatable bonds is 6. The van der Waals surface area contributed by atoms with E-state index in [-0.39, 0.29) is 17.1 Å². The van der Waals surface area contributed by atoms with E-state index in [4.69, 9.17) is 9.84 Å². The fourth-order valence-electron chi connectivity index (χ4n) is 1.79. The molecule has 0 saturated heterocycles. The summed E-state index contributed by atoms with van der Waals surface area (Å²) in [6, 6.07) is 1.50. The summed E-state index contributed by atoms with van der Waals surface area (Å²) in [4.78, 5) is 10.7. The minimum atomic E-state index is -3.93. The number of hydrogen-bond donors (Lipinski definition) is 1. The highest BCUT2D eigenvalue weighted by atomic mass is 32.2. The van der Waals surface area contributed by atoms with Gasteiger partial charge in [0, 0.05) is 20.2 Å². The summed E-state index contributed by atoms with van der Waals surface area (Å²) in [6.07, 6.45) is 0. The van der Waals surface area contributed by atoms with Gasteiger partial charge in [-0.1, -0.05) is 0 Å². The van der Waals surface area contributed by atoms with Crippen LogP contribution in [0, 0.1) is 12.7 Å². The molecule has 0 spiro atoms. The van der Waals surface area contributed by atoms with Gasteiger partial charge in [0.15, 0.2) is 0 Å². The van der Waals surface area contributed by atoms with Gasteiger partial charge in [-0.15, -0.1) is 0 Å². The van der Waals surface area contributed by atoms with E-state index in [0.717, 1.165) is 16.4 Å². The van der Waals surface area contributed by atoms with Gasteiger partial charge in [-0.2, -0.15) is 4.31 Å². The molecule has 0 aliphatic carbocycles. The fraction of sp³-hybridized carbons (Fsp3) is 0.462. The van der Waals surface area contributed by atoms with E-state index in [9.17, 15) is 17.6 Å². The van der Waals surface area contributed by atoms with Crippen molar-refractivity contribution in [3.63, 3.8) is 0 Å². The smallest absolute Gasteiger partial charge is 0.338 e. The Morgan fingerprint density at radius 2 is 2.05 bits per heavy atom. The van der Waals surface area contributed by atoms with E-state index in [1.54, 1.807) is 6.92 Å². The minimum absolute atomic E-state index is 0.0405. The standard InChI is InChI=1S/C13H18FNO5S/c1-8-5-10(6-11(12(8)14)13(16)17)21(18,19)15(3)9(2)7-20-4/h5-6,9H,7H2,1-4H3,(H,16,17). The molecule has 0 aliphatic rings. The number of hydrogen-bond acceptors (Lipinski definition) is 4. The Morgan fingerprint density at radius 3 is 2.52 bits per heavy atom. The maximum atomic E-state index is 13.7. The normalized spacial score (nSPS) is 13.4.